The highest BCUT2D eigenvalue weighted by Crippen LogP contribution is 2.42. The van der Waals surface area contributed by atoms with Gasteiger partial charge in [-0.05, 0) is 48.1 Å². The molecule has 0 aromatic heterocycles. The first-order chi connectivity index (χ1) is 8.75. The van der Waals surface area contributed by atoms with Gasteiger partial charge in [-0.15, -0.1) is 0 Å². The van der Waals surface area contributed by atoms with E-state index in [1.807, 2.05) is 0 Å². The summed E-state index contributed by atoms with van der Waals surface area (Å²) in [6.07, 6.45) is 7.55. The van der Waals surface area contributed by atoms with E-state index in [4.69, 9.17) is 0 Å². The highest BCUT2D eigenvalue weighted by molar-refractivity contribution is 5.29. The van der Waals surface area contributed by atoms with E-state index < -0.39 is 0 Å². The highest BCUT2D eigenvalue weighted by Gasteiger charge is 2.31. The Labute approximate surface area is 110 Å². The second kappa shape index (κ2) is 5.05. The monoisotopic (exact) mass is 244 g/mol. The van der Waals surface area contributed by atoms with Crippen molar-refractivity contribution in [3.05, 3.63) is 35.4 Å². The summed E-state index contributed by atoms with van der Waals surface area (Å²) in [6, 6.07) is 8.74. The van der Waals surface area contributed by atoms with Crippen LogP contribution in [0.2, 0.25) is 0 Å². The lowest BCUT2D eigenvalue weighted by Crippen LogP contribution is -2.16. The Morgan fingerprint density at radius 1 is 1.11 bits per heavy atom. The van der Waals surface area contributed by atoms with E-state index in [1.54, 1.807) is 0 Å². The van der Waals surface area contributed by atoms with Gasteiger partial charge in [-0.3, -0.25) is 0 Å². The fourth-order valence-corrected chi connectivity index (χ4v) is 3.63. The zero-order valence-corrected chi connectivity index (χ0v) is 11.3. The molecule has 0 bridgehead atoms. The molecule has 0 saturated heterocycles. The van der Waals surface area contributed by atoms with Crippen LogP contribution in [0.4, 0.5) is 0 Å². The number of hydrogen-bond acceptors (Lipinski definition) is 1. The van der Waals surface area contributed by atoms with Gasteiger partial charge in [-0.1, -0.05) is 50.5 Å². The van der Waals surface area contributed by atoms with Crippen molar-refractivity contribution in [3.8, 4) is 0 Å². The Balaban J connectivity index is 1.78. The number of aliphatic hydroxyl groups excluding tert-OH is 1. The van der Waals surface area contributed by atoms with Crippen LogP contribution >= 0.6 is 0 Å². The third-order valence-electron chi connectivity index (χ3n) is 5.16. The lowest BCUT2D eigenvalue weighted by atomic mass is 9.78. The minimum atomic E-state index is -0.248. The molecule has 0 spiro atoms. The van der Waals surface area contributed by atoms with Crippen LogP contribution in [0.15, 0.2) is 24.3 Å². The van der Waals surface area contributed by atoms with Crippen molar-refractivity contribution >= 4 is 0 Å². The molecule has 1 nitrogen and oxygen atoms in total. The number of benzene rings is 1. The first-order valence-corrected chi connectivity index (χ1v) is 7.53. The van der Waals surface area contributed by atoms with Gasteiger partial charge in [0.1, 0.15) is 0 Å². The first-order valence-electron chi connectivity index (χ1n) is 7.53. The van der Waals surface area contributed by atoms with Crippen LogP contribution in [0.25, 0.3) is 0 Å². The number of aliphatic hydroxyl groups is 1. The van der Waals surface area contributed by atoms with Crippen LogP contribution < -0.4 is 0 Å². The molecule has 2 aliphatic rings. The fraction of sp³-hybridized carbons (Fsp3) is 0.647. The van der Waals surface area contributed by atoms with E-state index in [2.05, 4.69) is 31.2 Å². The van der Waals surface area contributed by atoms with Gasteiger partial charge in [-0.2, -0.15) is 0 Å². The highest BCUT2D eigenvalue weighted by atomic mass is 16.3. The molecule has 2 fully saturated rings. The Bertz CT molecular complexity index is 408. The van der Waals surface area contributed by atoms with Crippen molar-refractivity contribution in [1.82, 2.24) is 0 Å². The molecule has 3 unspecified atom stereocenters. The van der Waals surface area contributed by atoms with Crippen molar-refractivity contribution in [2.75, 3.05) is 0 Å². The topological polar surface area (TPSA) is 20.2 Å². The van der Waals surface area contributed by atoms with Crippen LogP contribution in [0.1, 0.15) is 68.6 Å². The summed E-state index contributed by atoms with van der Waals surface area (Å²) in [5.41, 5.74) is 2.60. The second-order valence-electron chi connectivity index (χ2n) is 6.31. The molecule has 3 rings (SSSR count). The summed E-state index contributed by atoms with van der Waals surface area (Å²) < 4.78 is 0. The molecule has 0 heterocycles. The second-order valence-corrected chi connectivity index (χ2v) is 6.31. The van der Waals surface area contributed by atoms with E-state index in [1.165, 1.54) is 44.1 Å². The first kappa shape index (κ1) is 12.2. The van der Waals surface area contributed by atoms with Crippen molar-refractivity contribution in [2.45, 2.75) is 57.5 Å². The largest absolute Gasteiger partial charge is 0.388 e. The Morgan fingerprint density at radius 3 is 2.50 bits per heavy atom. The average molecular weight is 244 g/mol. The fourth-order valence-electron chi connectivity index (χ4n) is 3.63. The van der Waals surface area contributed by atoms with Gasteiger partial charge < -0.3 is 5.11 Å². The molecule has 0 amide bonds. The van der Waals surface area contributed by atoms with Crippen LogP contribution in [0, 0.1) is 11.8 Å². The Kier molecular flexibility index (Phi) is 3.43. The maximum atomic E-state index is 10.6. The number of rotatable bonds is 3. The minimum absolute atomic E-state index is 0.248. The number of hydrogen-bond donors (Lipinski definition) is 1. The van der Waals surface area contributed by atoms with E-state index in [-0.39, 0.29) is 6.10 Å². The molecule has 1 N–H and O–H groups in total. The molecule has 1 aromatic carbocycles. The molecule has 1 heteroatoms. The predicted molar refractivity (Wildman–Crippen MR) is 74.5 cm³/mol. The van der Waals surface area contributed by atoms with Gasteiger partial charge in [-0.25, -0.2) is 0 Å². The average Bonchev–Trinajstić information content (AvgIpc) is 2.73. The lowest BCUT2D eigenvalue weighted by Gasteiger charge is -2.28. The smallest absolute Gasteiger partial charge is 0.0820 e. The van der Waals surface area contributed by atoms with Gasteiger partial charge in [0, 0.05) is 0 Å². The van der Waals surface area contributed by atoms with Crippen LogP contribution in [0.3, 0.4) is 0 Å². The summed E-state index contributed by atoms with van der Waals surface area (Å²) in [4.78, 5) is 0. The molecule has 18 heavy (non-hydrogen) atoms. The van der Waals surface area contributed by atoms with Crippen LogP contribution in [-0.2, 0) is 0 Å². The van der Waals surface area contributed by atoms with Gasteiger partial charge >= 0.3 is 0 Å². The quantitative estimate of drug-likeness (QED) is 0.834. The van der Waals surface area contributed by atoms with Crippen LogP contribution in [-0.4, -0.2) is 5.11 Å². The zero-order chi connectivity index (χ0) is 12.5. The molecule has 2 saturated carbocycles. The minimum Gasteiger partial charge on any atom is -0.388 e. The van der Waals surface area contributed by atoms with Crippen molar-refractivity contribution < 1.29 is 5.11 Å². The molecular formula is C17H24O. The summed E-state index contributed by atoms with van der Waals surface area (Å²) >= 11 is 0. The maximum Gasteiger partial charge on any atom is 0.0820 e. The summed E-state index contributed by atoms with van der Waals surface area (Å²) in [7, 11) is 0. The summed E-state index contributed by atoms with van der Waals surface area (Å²) in [5.74, 6) is 1.91. The van der Waals surface area contributed by atoms with Crippen molar-refractivity contribution in [1.29, 1.82) is 0 Å². The van der Waals surface area contributed by atoms with Crippen molar-refractivity contribution in [3.63, 3.8) is 0 Å². The van der Waals surface area contributed by atoms with Crippen molar-refractivity contribution in [2.24, 2.45) is 11.8 Å². The van der Waals surface area contributed by atoms with E-state index in [9.17, 15) is 5.11 Å². The SMILES string of the molecule is CC1CCCC1C(O)c1cccc(C2CCC2)c1. The van der Waals surface area contributed by atoms with Gasteiger partial charge in [0.25, 0.3) is 0 Å². The molecule has 2 aliphatic carbocycles. The third kappa shape index (κ3) is 2.21. The van der Waals surface area contributed by atoms with E-state index in [0.717, 1.165) is 11.5 Å². The standard InChI is InChI=1S/C17H24O/c1-12-5-2-10-16(12)17(18)15-9-4-8-14(11-15)13-6-3-7-13/h4,8-9,11-13,16-18H,2-3,5-7,10H2,1H3. The lowest BCUT2D eigenvalue weighted by molar-refractivity contribution is 0.0899. The van der Waals surface area contributed by atoms with E-state index in [0.29, 0.717) is 11.8 Å². The molecule has 3 atom stereocenters. The molecule has 1 aromatic rings. The zero-order valence-electron chi connectivity index (χ0n) is 11.3. The molecule has 0 radical (unpaired) electrons. The normalized spacial score (nSPS) is 30.1. The summed E-state index contributed by atoms with van der Waals surface area (Å²) in [5, 5.41) is 10.6. The van der Waals surface area contributed by atoms with Gasteiger partial charge in [0.05, 0.1) is 6.10 Å². The predicted octanol–water partition coefficient (Wildman–Crippen LogP) is 4.42. The third-order valence-corrected chi connectivity index (χ3v) is 5.16. The van der Waals surface area contributed by atoms with E-state index >= 15 is 0 Å². The Hall–Kier alpha value is -0.820. The van der Waals surface area contributed by atoms with Crippen LogP contribution in [0.5, 0.6) is 0 Å². The molecular weight excluding hydrogens is 220 g/mol. The maximum absolute atomic E-state index is 10.6. The Morgan fingerprint density at radius 2 is 1.89 bits per heavy atom. The summed E-state index contributed by atoms with van der Waals surface area (Å²) in [6.45, 7) is 2.29. The molecule has 98 valence electrons. The molecule has 0 aliphatic heterocycles. The van der Waals surface area contributed by atoms with Gasteiger partial charge in [0.15, 0.2) is 0 Å². The van der Waals surface area contributed by atoms with Gasteiger partial charge in [0.2, 0.25) is 0 Å².